The third kappa shape index (κ3) is 1.88. The lowest BCUT2D eigenvalue weighted by molar-refractivity contribution is 0.322. The Kier molecular flexibility index (Phi) is 3.52. The molecule has 0 spiro atoms. The fraction of sp³-hybridized carbons (Fsp3) is 0.538. The molecule has 0 bridgehead atoms. The van der Waals surface area contributed by atoms with E-state index in [0.29, 0.717) is 16.5 Å². The Morgan fingerprint density at radius 2 is 1.76 bits per heavy atom. The summed E-state index contributed by atoms with van der Waals surface area (Å²) < 4.78 is 16.2. The van der Waals surface area contributed by atoms with Crippen LogP contribution in [0.25, 0.3) is 0 Å². The molecule has 94 valence electrons. The standard InChI is InChI=1S/C13H17BrO3/c1-7-5-9-8(11(7)14)6-10(15-2)13(17-4)12(9)16-3/h6-7,11H,5H2,1-4H3. The van der Waals surface area contributed by atoms with Crippen molar-refractivity contribution in [3.63, 3.8) is 0 Å². The molecule has 2 atom stereocenters. The van der Waals surface area contributed by atoms with Crippen LogP contribution in [0.4, 0.5) is 0 Å². The summed E-state index contributed by atoms with van der Waals surface area (Å²) in [5, 5.41) is 0. The highest BCUT2D eigenvalue weighted by atomic mass is 79.9. The number of methoxy groups -OCH3 is 3. The summed E-state index contributed by atoms with van der Waals surface area (Å²) in [6.45, 7) is 2.22. The van der Waals surface area contributed by atoms with Crippen molar-refractivity contribution in [1.29, 1.82) is 0 Å². The van der Waals surface area contributed by atoms with Crippen LogP contribution in [0.3, 0.4) is 0 Å². The van der Waals surface area contributed by atoms with Crippen LogP contribution in [-0.4, -0.2) is 21.3 Å². The van der Waals surface area contributed by atoms with E-state index in [4.69, 9.17) is 14.2 Å². The van der Waals surface area contributed by atoms with Gasteiger partial charge in [0.2, 0.25) is 5.75 Å². The molecule has 17 heavy (non-hydrogen) atoms. The van der Waals surface area contributed by atoms with Gasteiger partial charge in [-0.2, -0.15) is 0 Å². The molecule has 0 aliphatic heterocycles. The summed E-state index contributed by atoms with van der Waals surface area (Å²) in [6.07, 6.45) is 0.995. The van der Waals surface area contributed by atoms with E-state index < -0.39 is 0 Å². The third-order valence-electron chi connectivity index (χ3n) is 3.29. The highest BCUT2D eigenvalue weighted by Crippen LogP contribution is 2.52. The lowest BCUT2D eigenvalue weighted by Crippen LogP contribution is -1.99. The molecule has 4 heteroatoms. The van der Waals surface area contributed by atoms with Crippen molar-refractivity contribution in [2.75, 3.05) is 21.3 Å². The van der Waals surface area contributed by atoms with E-state index >= 15 is 0 Å². The summed E-state index contributed by atoms with van der Waals surface area (Å²) in [6, 6.07) is 2.04. The number of hydrogen-bond acceptors (Lipinski definition) is 3. The fourth-order valence-corrected chi connectivity index (χ4v) is 3.02. The summed E-state index contributed by atoms with van der Waals surface area (Å²) in [7, 11) is 4.95. The average Bonchev–Trinajstić information content (AvgIpc) is 2.63. The Balaban J connectivity index is 2.64. The second kappa shape index (κ2) is 4.77. The number of fused-ring (bicyclic) bond motifs is 1. The van der Waals surface area contributed by atoms with Gasteiger partial charge in [-0.1, -0.05) is 22.9 Å². The van der Waals surface area contributed by atoms with Crippen LogP contribution in [0.15, 0.2) is 6.07 Å². The average molecular weight is 301 g/mol. The van der Waals surface area contributed by atoms with Crippen LogP contribution in [0.1, 0.15) is 22.9 Å². The zero-order chi connectivity index (χ0) is 12.6. The molecular formula is C13H17BrO3. The molecular weight excluding hydrogens is 284 g/mol. The Bertz CT molecular complexity index is 431. The molecule has 2 rings (SSSR count). The monoisotopic (exact) mass is 300 g/mol. The first-order valence-corrected chi connectivity index (χ1v) is 6.51. The predicted molar refractivity (Wildman–Crippen MR) is 70.6 cm³/mol. The van der Waals surface area contributed by atoms with E-state index in [1.165, 1.54) is 11.1 Å². The number of halogens is 1. The van der Waals surface area contributed by atoms with Gasteiger partial charge >= 0.3 is 0 Å². The molecule has 1 aliphatic carbocycles. The third-order valence-corrected chi connectivity index (χ3v) is 4.69. The molecule has 1 aliphatic rings. The molecule has 0 radical (unpaired) electrons. The normalized spacial score (nSPS) is 22.2. The molecule has 0 aromatic heterocycles. The Morgan fingerprint density at radius 1 is 1.12 bits per heavy atom. The summed E-state index contributed by atoms with van der Waals surface area (Å²) in [5.74, 6) is 2.76. The summed E-state index contributed by atoms with van der Waals surface area (Å²) >= 11 is 3.72. The van der Waals surface area contributed by atoms with E-state index in [1.54, 1.807) is 21.3 Å². The van der Waals surface area contributed by atoms with Gasteiger partial charge in [0.1, 0.15) is 0 Å². The highest BCUT2D eigenvalue weighted by molar-refractivity contribution is 9.09. The van der Waals surface area contributed by atoms with E-state index in [1.807, 2.05) is 6.07 Å². The first-order chi connectivity index (χ1) is 8.13. The molecule has 0 heterocycles. The van der Waals surface area contributed by atoms with E-state index in [9.17, 15) is 0 Å². The lowest BCUT2D eigenvalue weighted by atomic mass is 10.1. The first-order valence-electron chi connectivity index (χ1n) is 5.59. The lowest BCUT2D eigenvalue weighted by Gasteiger charge is -2.16. The van der Waals surface area contributed by atoms with Gasteiger partial charge in [0.25, 0.3) is 0 Å². The van der Waals surface area contributed by atoms with Crippen molar-refractivity contribution in [3.05, 3.63) is 17.2 Å². The predicted octanol–water partition coefficient (Wildman–Crippen LogP) is 3.34. The van der Waals surface area contributed by atoms with Gasteiger partial charge < -0.3 is 14.2 Å². The van der Waals surface area contributed by atoms with Gasteiger partial charge in [-0.25, -0.2) is 0 Å². The second-order valence-electron chi connectivity index (χ2n) is 4.30. The van der Waals surface area contributed by atoms with Crippen LogP contribution < -0.4 is 14.2 Å². The largest absolute Gasteiger partial charge is 0.493 e. The Hall–Kier alpha value is -0.900. The second-order valence-corrected chi connectivity index (χ2v) is 5.28. The summed E-state index contributed by atoms with van der Waals surface area (Å²) in [5.41, 5.74) is 2.46. The zero-order valence-electron chi connectivity index (χ0n) is 10.5. The van der Waals surface area contributed by atoms with Crippen molar-refractivity contribution in [1.82, 2.24) is 0 Å². The number of hydrogen-bond donors (Lipinski definition) is 0. The summed E-state index contributed by atoms with van der Waals surface area (Å²) in [4.78, 5) is 0.353. The molecule has 0 fully saturated rings. The van der Waals surface area contributed by atoms with Gasteiger partial charge in [0.05, 0.1) is 21.3 Å². The van der Waals surface area contributed by atoms with Crippen molar-refractivity contribution in [3.8, 4) is 17.2 Å². The van der Waals surface area contributed by atoms with Crippen LogP contribution in [0.5, 0.6) is 17.2 Å². The topological polar surface area (TPSA) is 27.7 Å². The van der Waals surface area contributed by atoms with Gasteiger partial charge in [-0.05, 0) is 24.0 Å². The molecule has 0 N–H and O–H groups in total. The number of ether oxygens (including phenoxy) is 3. The maximum absolute atomic E-state index is 5.49. The molecule has 3 nitrogen and oxygen atoms in total. The van der Waals surface area contributed by atoms with Gasteiger partial charge in [-0.15, -0.1) is 0 Å². The van der Waals surface area contributed by atoms with E-state index in [2.05, 4.69) is 22.9 Å². The molecule has 1 aromatic carbocycles. The molecule has 0 amide bonds. The SMILES string of the molecule is COc1cc2c(c(OC)c1OC)CC(C)C2Br. The minimum atomic E-state index is 0.353. The highest BCUT2D eigenvalue weighted by Gasteiger charge is 2.33. The van der Waals surface area contributed by atoms with E-state index in [-0.39, 0.29) is 0 Å². The van der Waals surface area contributed by atoms with Crippen LogP contribution >= 0.6 is 15.9 Å². The molecule has 2 unspecified atom stereocenters. The first kappa shape index (κ1) is 12.6. The van der Waals surface area contributed by atoms with Gasteiger partial charge in [0, 0.05) is 10.4 Å². The van der Waals surface area contributed by atoms with Crippen LogP contribution in [0, 0.1) is 5.92 Å². The zero-order valence-corrected chi connectivity index (χ0v) is 12.1. The van der Waals surface area contributed by atoms with Crippen molar-refractivity contribution < 1.29 is 14.2 Å². The van der Waals surface area contributed by atoms with Gasteiger partial charge in [-0.3, -0.25) is 0 Å². The fourth-order valence-electron chi connectivity index (χ4n) is 2.42. The Morgan fingerprint density at radius 3 is 2.29 bits per heavy atom. The maximum Gasteiger partial charge on any atom is 0.203 e. The maximum atomic E-state index is 5.49. The van der Waals surface area contributed by atoms with Gasteiger partial charge in [0.15, 0.2) is 11.5 Å². The Labute approximate surface area is 110 Å². The number of benzene rings is 1. The molecule has 0 saturated carbocycles. The van der Waals surface area contributed by atoms with E-state index in [0.717, 1.165) is 17.9 Å². The quantitative estimate of drug-likeness (QED) is 0.801. The van der Waals surface area contributed by atoms with Crippen LogP contribution in [-0.2, 0) is 6.42 Å². The number of alkyl halides is 1. The van der Waals surface area contributed by atoms with Crippen molar-refractivity contribution in [2.24, 2.45) is 5.92 Å². The number of rotatable bonds is 3. The van der Waals surface area contributed by atoms with Crippen molar-refractivity contribution >= 4 is 15.9 Å². The molecule has 0 saturated heterocycles. The smallest absolute Gasteiger partial charge is 0.203 e. The van der Waals surface area contributed by atoms with Crippen LogP contribution in [0.2, 0.25) is 0 Å². The minimum absolute atomic E-state index is 0.353. The molecule has 1 aromatic rings. The minimum Gasteiger partial charge on any atom is -0.493 e. The van der Waals surface area contributed by atoms with Crippen molar-refractivity contribution in [2.45, 2.75) is 18.2 Å².